The second-order valence-electron chi connectivity index (χ2n) is 5.74. The molecule has 1 aliphatic rings. The number of rotatable bonds is 7. The van der Waals surface area contributed by atoms with Crippen molar-refractivity contribution in [3.63, 3.8) is 0 Å². The van der Waals surface area contributed by atoms with Gasteiger partial charge in [0, 0.05) is 25.6 Å². The highest BCUT2D eigenvalue weighted by atomic mass is 32.1. The van der Waals surface area contributed by atoms with Gasteiger partial charge in [0.15, 0.2) is 0 Å². The van der Waals surface area contributed by atoms with Crippen molar-refractivity contribution in [2.75, 3.05) is 27.4 Å². The summed E-state index contributed by atoms with van der Waals surface area (Å²) in [4.78, 5) is 6.27. The van der Waals surface area contributed by atoms with Gasteiger partial charge in [-0.25, -0.2) is 4.98 Å². The monoisotopic (exact) mass is 312 g/mol. The maximum atomic E-state index is 5.84. The van der Waals surface area contributed by atoms with E-state index in [9.17, 15) is 0 Å². The minimum Gasteiger partial charge on any atom is -0.383 e. The summed E-state index contributed by atoms with van der Waals surface area (Å²) in [5, 5.41) is 4.91. The number of hydrogen-bond acceptors (Lipinski definition) is 5. The second-order valence-corrected chi connectivity index (χ2v) is 6.94. The van der Waals surface area contributed by atoms with Crippen LogP contribution in [0.25, 0.3) is 0 Å². The summed E-state index contributed by atoms with van der Waals surface area (Å²) in [6.07, 6.45) is 5.83. The molecule has 1 aliphatic carbocycles. The summed E-state index contributed by atoms with van der Waals surface area (Å²) in [7, 11) is 3.57. The van der Waals surface area contributed by atoms with Crippen molar-refractivity contribution in [1.29, 1.82) is 0 Å². The molecule has 1 saturated carbocycles. The van der Waals surface area contributed by atoms with E-state index in [0.29, 0.717) is 6.61 Å². The van der Waals surface area contributed by atoms with Gasteiger partial charge in [-0.3, -0.25) is 0 Å². The van der Waals surface area contributed by atoms with Gasteiger partial charge in [-0.15, -0.1) is 11.3 Å². The van der Waals surface area contributed by atoms with Crippen LogP contribution in [0, 0.1) is 6.92 Å². The van der Waals surface area contributed by atoms with Crippen LogP contribution in [0.3, 0.4) is 0 Å². The fraction of sp³-hybridized carbons (Fsp3) is 0.812. The van der Waals surface area contributed by atoms with Gasteiger partial charge in [0.05, 0.1) is 23.9 Å². The number of nitrogens with one attached hydrogen (secondary N) is 1. The minimum absolute atomic E-state index is 0.144. The third kappa shape index (κ3) is 3.47. The number of nitrogens with zero attached hydrogens (tertiary/aromatic N) is 1. The maximum absolute atomic E-state index is 5.84. The molecule has 5 heteroatoms. The van der Waals surface area contributed by atoms with Crippen LogP contribution in [-0.4, -0.2) is 38.5 Å². The predicted molar refractivity (Wildman–Crippen MR) is 87.1 cm³/mol. The molecule has 0 saturated heterocycles. The molecule has 120 valence electrons. The lowest BCUT2D eigenvalue weighted by Crippen LogP contribution is -2.55. The van der Waals surface area contributed by atoms with Crippen LogP contribution in [0.15, 0.2) is 0 Å². The molecule has 1 N–H and O–H groups in total. The van der Waals surface area contributed by atoms with Crippen molar-refractivity contribution in [2.24, 2.45) is 0 Å². The van der Waals surface area contributed by atoms with Gasteiger partial charge in [0.25, 0.3) is 0 Å². The van der Waals surface area contributed by atoms with Crippen molar-refractivity contribution in [3.05, 3.63) is 15.6 Å². The Kier molecular flexibility index (Phi) is 6.17. The van der Waals surface area contributed by atoms with Crippen LogP contribution in [0.5, 0.6) is 0 Å². The molecule has 2 unspecified atom stereocenters. The van der Waals surface area contributed by atoms with E-state index >= 15 is 0 Å². The van der Waals surface area contributed by atoms with Gasteiger partial charge in [-0.2, -0.15) is 0 Å². The molecule has 21 heavy (non-hydrogen) atoms. The van der Waals surface area contributed by atoms with Crippen LogP contribution >= 0.6 is 11.3 Å². The Hall–Kier alpha value is -0.490. The summed E-state index contributed by atoms with van der Waals surface area (Å²) < 4.78 is 11.1. The second kappa shape index (κ2) is 7.68. The van der Waals surface area contributed by atoms with Gasteiger partial charge in [0.2, 0.25) is 0 Å². The van der Waals surface area contributed by atoms with E-state index in [2.05, 4.69) is 19.2 Å². The van der Waals surface area contributed by atoms with Crippen LogP contribution < -0.4 is 5.32 Å². The van der Waals surface area contributed by atoms with Gasteiger partial charge < -0.3 is 14.8 Å². The van der Waals surface area contributed by atoms with E-state index < -0.39 is 0 Å². The third-order valence-electron chi connectivity index (χ3n) is 4.48. The van der Waals surface area contributed by atoms with Crippen molar-refractivity contribution in [2.45, 2.75) is 57.6 Å². The number of aromatic nitrogens is 1. The van der Waals surface area contributed by atoms with Gasteiger partial charge >= 0.3 is 0 Å². The number of hydrogen-bond donors (Lipinski definition) is 1. The van der Waals surface area contributed by atoms with Gasteiger partial charge in [0.1, 0.15) is 5.01 Å². The fourth-order valence-electron chi connectivity index (χ4n) is 3.31. The molecule has 1 heterocycles. The van der Waals surface area contributed by atoms with Crippen LogP contribution in [0.1, 0.15) is 48.2 Å². The lowest BCUT2D eigenvalue weighted by molar-refractivity contribution is -0.0179. The van der Waals surface area contributed by atoms with Crippen LogP contribution in [0.2, 0.25) is 0 Å². The fourth-order valence-corrected chi connectivity index (χ4v) is 4.55. The maximum Gasteiger partial charge on any atom is 0.116 e. The predicted octanol–water partition coefficient (Wildman–Crippen LogP) is 3.03. The lowest BCUT2D eigenvalue weighted by Gasteiger charge is -2.42. The molecule has 1 aromatic heterocycles. The first-order valence-electron chi connectivity index (χ1n) is 7.91. The summed E-state index contributed by atoms with van der Waals surface area (Å²) in [5.41, 5.74) is 1.08. The number of thiazole rings is 1. The Balaban J connectivity index is 2.33. The zero-order valence-electron chi connectivity index (χ0n) is 13.7. The quantitative estimate of drug-likeness (QED) is 0.786. The topological polar surface area (TPSA) is 43.4 Å². The number of methoxy groups -OCH3 is 2. The highest BCUT2D eigenvalue weighted by molar-refractivity contribution is 7.11. The van der Waals surface area contributed by atoms with Gasteiger partial charge in [-0.05, 0) is 26.2 Å². The zero-order valence-corrected chi connectivity index (χ0v) is 14.5. The van der Waals surface area contributed by atoms with Crippen molar-refractivity contribution < 1.29 is 9.47 Å². The molecule has 0 radical (unpaired) electrons. The van der Waals surface area contributed by atoms with Crippen molar-refractivity contribution in [1.82, 2.24) is 10.3 Å². The largest absolute Gasteiger partial charge is 0.383 e. The Morgan fingerprint density at radius 3 is 2.81 bits per heavy atom. The lowest BCUT2D eigenvalue weighted by atomic mass is 9.79. The van der Waals surface area contributed by atoms with E-state index in [-0.39, 0.29) is 11.6 Å². The molecule has 1 fully saturated rings. The molecule has 0 bridgehead atoms. The normalized spacial score (nSPS) is 26.2. The minimum atomic E-state index is -0.144. The van der Waals surface area contributed by atoms with E-state index in [1.54, 1.807) is 7.11 Å². The molecule has 0 spiro atoms. The average Bonchev–Trinajstić information content (AvgIpc) is 2.89. The first-order chi connectivity index (χ1) is 10.2. The molecular weight excluding hydrogens is 284 g/mol. The van der Waals surface area contributed by atoms with Gasteiger partial charge in [-0.1, -0.05) is 19.8 Å². The third-order valence-corrected chi connectivity index (χ3v) is 5.67. The van der Waals surface area contributed by atoms with Crippen LogP contribution in [0.4, 0.5) is 0 Å². The molecule has 0 amide bonds. The molecule has 4 nitrogen and oxygen atoms in total. The highest BCUT2D eigenvalue weighted by Gasteiger charge is 2.44. The molecule has 0 aliphatic heterocycles. The van der Waals surface area contributed by atoms with Crippen molar-refractivity contribution >= 4 is 11.3 Å². The number of ether oxygens (including phenoxy) is 2. The Bertz CT molecular complexity index is 449. The molecule has 2 rings (SSSR count). The SMILES string of the molecule is CCc1nc(C2(NCCOC)CCCCC2OC)sc1C. The smallest absolute Gasteiger partial charge is 0.116 e. The van der Waals surface area contributed by atoms with Crippen LogP contribution in [-0.2, 0) is 21.4 Å². The summed E-state index contributed by atoms with van der Waals surface area (Å²) in [5.74, 6) is 0. The highest BCUT2D eigenvalue weighted by Crippen LogP contribution is 2.41. The Labute approximate surface area is 132 Å². The Morgan fingerprint density at radius 1 is 1.38 bits per heavy atom. The molecule has 2 atom stereocenters. The molecule has 0 aromatic carbocycles. The Morgan fingerprint density at radius 2 is 2.19 bits per heavy atom. The zero-order chi connectivity index (χ0) is 15.3. The molecular formula is C16H28N2O2S. The summed E-state index contributed by atoms with van der Waals surface area (Å²) in [6, 6.07) is 0. The first kappa shape index (κ1) is 16.9. The summed E-state index contributed by atoms with van der Waals surface area (Å²) in [6.45, 7) is 5.89. The van der Waals surface area contributed by atoms with E-state index in [1.165, 1.54) is 28.4 Å². The average molecular weight is 312 g/mol. The van der Waals surface area contributed by atoms with E-state index in [1.807, 2.05) is 18.4 Å². The van der Waals surface area contributed by atoms with E-state index in [4.69, 9.17) is 14.5 Å². The standard InChI is InChI=1S/C16H28N2O2S/c1-5-13-12(2)21-15(18-13)16(17-10-11-19-3)9-7-6-8-14(16)20-4/h14,17H,5-11H2,1-4H3. The van der Waals surface area contributed by atoms with E-state index in [0.717, 1.165) is 25.8 Å². The number of aryl methyl sites for hydroxylation is 2. The first-order valence-corrected chi connectivity index (χ1v) is 8.73. The summed E-state index contributed by atoms with van der Waals surface area (Å²) >= 11 is 1.83. The van der Waals surface area contributed by atoms with Crippen molar-refractivity contribution in [3.8, 4) is 0 Å². The molecule has 1 aromatic rings.